The number of piperidine rings is 1. The summed E-state index contributed by atoms with van der Waals surface area (Å²) < 4.78 is 0. The third kappa shape index (κ3) is 5.56. The molecule has 1 amide bonds. The number of hydrogen-bond acceptors (Lipinski definition) is 3. The molecular formula is C21H26ClN3O. The maximum atomic E-state index is 12.1. The number of nitrogens with one attached hydrogen (secondary N) is 2. The first-order valence-corrected chi connectivity index (χ1v) is 9.62. The lowest BCUT2D eigenvalue weighted by molar-refractivity contribution is 0.0953. The predicted octanol–water partition coefficient (Wildman–Crippen LogP) is 3.32. The molecular weight excluding hydrogens is 346 g/mol. The molecule has 2 aromatic rings. The summed E-state index contributed by atoms with van der Waals surface area (Å²) in [6, 6.07) is 18.3. The molecule has 1 aliphatic rings. The van der Waals surface area contributed by atoms with Crippen LogP contribution in [0.2, 0.25) is 5.02 Å². The molecule has 2 N–H and O–H groups in total. The zero-order valence-electron chi connectivity index (χ0n) is 15.0. The number of likely N-dealkylation sites (tertiary alicyclic amines) is 1. The fourth-order valence-electron chi connectivity index (χ4n) is 3.33. The topological polar surface area (TPSA) is 44.4 Å². The Morgan fingerprint density at radius 1 is 1.00 bits per heavy atom. The molecule has 0 saturated carbocycles. The highest BCUT2D eigenvalue weighted by Crippen LogP contribution is 2.15. The van der Waals surface area contributed by atoms with Crippen molar-refractivity contribution in [2.24, 2.45) is 0 Å². The molecule has 0 radical (unpaired) electrons. The van der Waals surface area contributed by atoms with E-state index in [-0.39, 0.29) is 5.91 Å². The van der Waals surface area contributed by atoms with Gasteiger partial charge in [0.05, 0.1) is 10.6 Å². The van der Waals surface area contributed by atoms with Crippen LogP contribution in [0, 0.1) is 0 Å². The van der Waals surface area contributed by atoms with E-state index in [4.69, 9.17) is 11.6 Å². The summed E-state index contributed by atoms with van der Waals surface area (Å²) >= 11 is 6.04. The monoisotopic (exact) mass is 371 g/mol. The molecule has 0 unspecified atom stereocenters. The highest BCUT2D eigenvalue weighted by Gasteiger charge is 2.18. The number of carbonyl (C=O) groups excluding carboxylic acids is 1. The zero-order valence-corrected chi connectivity index (χ0v) is 15.7. The van der Waals surface area contributed by atoms with Gasteiger partial charge in [-0.05, 0) is 43.6 Å². The Kier molecular flexibility index (Phi) is 7.06. The van der Waals surface area contributed by atoms with Gasteiger partial charge in [-0.2, -0.15) is 0 Å². The van der Waals surface area contributed by atoms with Crippen LogP contribution in [0.1, 0.15) is 28.8 Å². The molecule has 2 aromatic carbocycles. The van der Waals surface area contributed by atoms with Gasteiger partial charge in [0, 0.05) is 25.7 Å². The van der Waals surface area contributed by atoms with E-state index in [0.717, 1.165) is 39.0 Å². The molecule has 1 fully saturated rings. The number of rotatable bonds is 7. The highest BCUT2D eigenvalue weighted by molar-refractivity contribution is 6.33. The van der Waals surface area contributed by atoms with E-state index in [2.05, 4.69) is 45.9 Å². The predicted molar refractivity (Wildman–Crippen MR) is 107 cm³/mol. The quantitative estimate of drug-likeness (QED) is 0.734. The first-order valence-electron chi connectivity index (χ1n) is 9.25. The number of benzene rings is 2. The molecule has 0 aromatic heterocycles. The summed E-state index contributed by atoms with van der Waals surface area (Å²) in [5.74, 6) is -0.116. The maximum Gasteiger partial charge on any atom is 0.252 e. The lowest BCUT2D eigenvalue weighted by atomic mass is 10.0. The number of amides is 1. The van der Waals surface area contributed by atoms with Gasteiger partial charge in [-0.15, -0.1) is 0 Å². The van der Waals surface area contributed by atoms with Crippen molar-refractivity contribution in [3.8, 4) is 0 Å². The first kappa shape index (κ1) is 18.9. The van der Waals surface area contributed by atoms with Crippen molar-refractivity contribution in [2.75, 3.05) is 26.2 Å². The van der Waals surface area contributed by atoms with Gasteiger partial charge in [0.25, 0.3) is 5.91 Å². The van der Waals surface area contributed by atoms with Crippen LogP contribution in [0.3, 0.4) is 0 Å². The van der Waals surface area contributed by atoms with Gasteiger partial charge in [-0.3, -0.25) is 9.69 Å². The Morgan fingerprint density at radius 3 is 2.42 bits per heavy atom. The molecule has 0 atom stereocenters. The van der Waals surface area contributed by atoms with E-state index < -0.39 is 0 Å². The molecule has 0 aliphatic carbocycles. The second-order valence-corrected chi connectivity index (χ2v) is 7.13. The molecule has 0 bridgehead atoms. The van der Waals surface area contributed by atoms with E-state index in [9.17, 15) is 4.79 Å². The normalized spacial score (nSPS) is 15.7. The maximum absolute atomic E-state index is 12.1. The van der Waals surface area contributed by atoms with Crippen LogP contribution in [-0.2, 0) is 6.54 Å². The fraction of sp³-hybridized carbons (Fsp3) is 0.381. The van der Waals surface area contributed by atoms with Gasteiger partial charge in [0.1, 0.15) is 0 Å². The Hall–Kier alpha value is -1.88. The van der Waals surface area contributed by atoms with E-state index >= 15 is 0 Å². The molecule has 1 heterocycles. The largest absolute Gasteiger partial charge is 0.351 e. The average molecular weight is 372 g/mol. The Labute approximate surface area is 160 Å². The molecule has 0 spiro atoms. The molecule has 26 heavy (non-hydrogen) atoms. The average Bonchev–Trinajstić information content (AvgIpc) is 2.67. The van der Waals surface area contributed by atoms with Gasteiger partial charge in [-0.25, -0.2) is 0 Å². The van der Waals surface area contributed by atoms with Crippen molar-refractivity contribution in [1.29, 1.82) is 0 Å². The van der Waals surface area contributed by atoms with Crippen LogP contribution in [0.4, 0.5) is 0 Å². The van der Waals surface area contributed by atoms with Crippen LogP contribution in [-0.4, -0.2) is 43.0 Å². The van der Waals surface area contributed by atoms with Crippen molar-refractivity contribution >= 4 is 17.5 Å². The number of nitrogens with zero attached hydrogens (tertiary/aromatic N) is 1. The Morgan fingerprint density at radius 2 is 1.69 bits per heavy atom. The van der Waals surface area contributed by atoms with Crippen molar-refractivity contribution in [3.63, 3.8) is 0 Å². The second-order valence-electron chi connectivity index (χ2n) is 6.73. The lowest BCUT2D eigenvalue weighted by Crippen LogP contribution is -2.44. The van der Waals surface area contributed by atoms with E-state index in [0.29, 0.717) is 23.2 Å². The van der Waals surface area contributed by atoms with E-state index in [1.165, 1.54) is 5.56 Å². The minimum atomic E-state index is -0.116. The number of hydrogen-bond donors (Lipinski definition) is 2. The van der Waals surface area contributed by atoms with E-state index in [1.807, 2.05) is 12.1 Å². The molecule has 1 saturated heterocycles. The van der Waals surface area contributed by atoms with Crippen LogP contribution in [0.15, 0.2) is 54.6 Å². The summed E-state index contributed by atoms with van der Waals surface area (Å²) in [6.07, 6.45) is 2.29. The van der Waals surface area contributed by atoms with Crippen molar-refractivity contribution in [1.82, 2.24) is 15.5 Å². The SMILES string of the molecule is O=C(NCCNC1CCN(Cc2ccccc2)CC1)c1ccccc1Cl. The minimum absolute atomic E-state index is 0.116. The van der Waals surface area contributed by atoms with Crippen molar-refractivity contribution in [3.05, 3.63) is 70.7 Å². The van der Waals surface area contributed by atoms with Crippen LogP contribution < -0.4 is 10.6 Å². The summed E-state index contributed by atoms with van der Waals surface area (Å²) in [6.45, 7) is 4.63. The van der Waals surface area contributed by atoms with Gasteiger partial charge in [0.15, 0.2) is 0 Å². The van der Waals surface area contributed by atoms with E-state index in [1.54, 1.807) is 12.1 Å². The number of carbonyl (C=O) groups is 1. The zero-order chi connectivity index (χ0) is 18.2. The first-order chi connectivity index (χ1) is 12.7. The smallest absolute Gasteiger partial charge is 0.252 e. The number of halogens is 1. The van der Waals surface area contributed by atoms with Crippen LogP contribution >= 0.6 is 11.6 Å². The molecule has 138 valence electrons. The Balaban J connectivity index is 1.32. The standard InChI is InChI=1S/C21H26ClN3O/c22-20-9-5-4-8-19(20)21(26)24-13-12-23-18-10-14-25(15-11-18)16-17-6-2-1-3-7-17/h1-9,18,23H,10-16H2,(H,24,26). The van der Waals surface area contributed by atoms with Gasteiger partial charge < -0.3 is 10.6 Å². The lowest BCUT2D eigenvalue weighted by Gasteiger charge is -2.32. The van der Waals surface area contributed by atoms with Crippen LogP contribution in [0.25, 0.3) is 0 Å². The van der Waals surface area contributed by atoms with Crippen molar-refractivity contribution in [2.45, 2.75) is 25.4 Å². The van der Waals surface area contributed by atoms with Crippen molar-refractivity contribution < 1.29 is 4.79 Å². The van der Waals surface area contributed by atoms with Crippen LogP contribution in [0.5, 0.6) is 0 Å². The van der Waals surface area contributed by atoms with Gasteiger partial charge >= 0.3 is 0 Å². The molecule has 3 rings (SSSR count). The third-order valence-electron chi connectivity index (χ3n) is 4.80. The highest BCUT2D eigenvalue weighted by atomic mass is 35.5. The summed E-state index contributed by atoms with van der Waals surface area (Å²) in [5, 5.41) is 6.97. The fourth-order valence-corrected chi connectivity index (χ4v) is 3.55. The molecule has 4 nitrogen and oxygen atoms in total. The molecule has 1 aliphatic heterocycles. The Bertz CT molecular complexity index is 699. The summed E-state index contributed by atoms with van der Waals surface area (Å²) in [7, 11) is 0. The third-order valence-corrected chi connectivity index (χ3v) is 5.13. The van der Waals surface area contributed by atoms with Gasteiger partial charge in [0.2, 0.25) is 0 Å². The van der Waals surface area contributed by atoms with Gasteiger partial charge in [-0.1, -0.05) is 54.1 Å². The second kappa shape index (κ2) is 9.72. The minimum Gasteiger partial charge on any atom is -0.351 e. The summed E-state index contributed by atoms with van der Waals surface area (Å²) in [4.78, 5) is 14.6. The summed E-state index contributed by atoms with van der Waals surface area (Å²) in [5.41, 5.74) is 1.91. The molecule has 5 heteroatoms.